The zero-order chi connectivity index (χ0) is 19.9. The maximum absolute atomic E-state index is 11.2. The van der Waals surface area contributed by atoms with E-state index in [0.29, 0.717) is 23.8 Å². The molecule has 0 bridgehead atoms. The van der Waals surface area contributed by atoms with E-state index in [1.54, 1.807) is 23.9 Å². The van der Waals surface area contributed by atoms with Crippen LogP contribution < -0.4 is 4.74 Å². The lowest BCUT2D eigenvalue weighted by Crippen LogP contribution is -2.26. The molecule has 5 nitrogen and oxygen atoms in total. The number of thioether (sulfide) groups is 1. The van der Waals surface area contributed by atoms with Crippen LogP contribution in [-0.2, 0) is 10.5 Å². The number of oxazole rings is 1. The molecule has 0 saturated carbocycles. The van der Waals surface area contributed by atoms with Crippen LogP contribution in [0.25, 0.3) is 11.5 Å². The topological polar surface area (TPSA) is 72.6 Å². The van der Waals surface area contributed by atoms with Crippen molar-refractivity contribution in [3.63, 3.8) is 0 Å². The Morgan fingerprint density at radius 3 is 2.54 bits per heavy atom. The average molecular weight is 397 g/mol. The number of aromatic nitrogens is 1. The van der Waals surface area contributed by atoms with Gasteiger partial charge in [-0.1, -0.05) is 31.5 Å². The highest BCUT2D eigenvalue weighted by atomic mass is 32.2. The third-order valence-corrected chi connectivity index (χ3v) is 5.24. The van der Waals surface area contributed by atoms with Gasteiger partial charge in [0.05, 0.1) is 5.69 Å². The van der Waals surface area contributed by atoms with Gasteiger partial charge < -0.3 is 14.3 Å². The number of carboxylic acids is 1. The molecular weight excluding hydrogens is 374 g/mol. The van der Waals surface area contributed by atoms with Crippen molar-refractivity contribution >= 4 is 17.7 Å². The van der Waals surface area contributed by atoms with E-state index < -0.39 is 12.1 Å². The monoisotopic (exact) mass is 397 g/mol. The van der Waals surface area contributed by atoms with Crippen LogP contribution in [0.1, 0.15) is 31.2 Å². The van der Waals surface area contributed by atoms with E-state index in [9.17, 15) is 9.90 Å². The second-order valence-electron chi connectivity index (χ2n) is 6.38. The summed E-state index contributed by atoms with van der Waals surface area (Å²) in [5, 5.41) is 9.20. The molecule has 3 rings (SSSR count). The fourth-order valence-corrected chi connectivity index (χ4v) is 3.59. The second kappa shape index (κ2) is 9.46. The molecule has 0 aliphatic carbocycles. The number of aliphatic carboxylic acids is 1. The summed E-state index contributed by atoms with van der Waals surface area (Å²) in [5.41, 5.74) is 1.88. The lowest BCUT2D eigenvalue weighted by atomic mass is 10.2. The van der Waals surface area contributed by atoms with Crippen molar-refractivity contribution in [1.29, 1.82) is 0 Å². The van der Waals surface area contributed by atoms with E-state index in [2.05, 4.69) is 4.98 Å². The maximum Gasteiger partial charge on any atom is 0.344 e. The fraction of sp³-hybridized carbons (Fsp3) is 0.273. The third-order valence-electron chi connectivity index (χ3n) is 4.22. The number of ether oxygens (including phenoxy) is 1. The molecule has 0 aliphatic heterocycles. The summed E-state index contributed by atoms with van der Waals surface area (Å²) < 4.78 is 11.4. The Hall–Kier alpha value is -2.73. The summed E-state index contributed by atoms with van der Waals surface area (Å²) in [5.74, 6) is 1.77. The summed E-state index contributed by atoms with van der Waals surface area (Å²) in [7, 11) is 0. The number of nitrogens with zero attached hydrogens (tertiary/aromatic N) is 1. The van der Waals surface area contributed by atoms with Gasteiger partial charge in [-0.3, -0.25) is 0 Å². The summed E-state index contributed by atoms with van der Waals surface area (Å²) in [6.45, 7) is 3.86. The molecule has 1 atom stereocenters. The molecular formula is C22H23NO4S. The standard InChI is InChI=1S/C22H23NO4S/c1-3-7-20(22(24)25)27-17-10-12-18(13-11-17)28-14-19-15(2)26-21(23-19)16-8-5-4-6-9-16/h4-6,8-13,20H,3,7,14H2,1-2H3,(H,24,25). The molecule has 1 aromatic heterocycles. The van der Waals surface area contributed by atoms with Gasteiger partial charge in [0.15, 0.2) is 6.10 Å². The van der Waals surface area contributed by atoms with Crippen LogP contribution in [0.2, 0.25) is 0 Å². The van der Waals surface area contributed by atoms with Crippen LogP contribution >= 0.6 is 11.8 Å². The number of rotatable bonds is 9. The Morgan fingerprint density at radius 1 is 1.18 bits per heavy atom. The Balaban J connectivity index is 1.61. The number of carboxylic acid groups (broad SMARTS) is 1. The molecule has 1 unspecified atom stereocenters. The van der Waals surface area contributed by atoms with Gasteiger partial charge in [0.25, 0.3) is 0 Å². The van der Waals surface area contributed by atoms with Crippen LogP contribution in [-0.4, -0.2) is 22.2 Å². The molecule has 0 radical (unpaired) electrons. The minimum Gasteiger partial charge on any atom is -0.479 e. The summed E-state index contributed by atoms with van der Waals surface area (Å²) in [4.78, 5) is 16.9. The molecule has 28 heavy (non-hydrogen) atoms. The zero-order valence-electron chi connectivity index (χ0n) is 15.9. The van der Waals surface area contributed by atoms with Gasteiger partial charge in [-0.2, -0.15) is 0 Å². The van der Waals surface area contributed by atoms with Crippen molar-refractivity contribution < 1.29 is 19.1 Å². The first-order valence-corrected chi connectivity index (χ1v) is 10.2. The first kappa shape index (κ1) is 20.0. The Kier molecular flexibility index (Phi) is 6.76. The van der Waals surface area contributed by atoms with Crippen LogP contribution in [0.15, 0.2) is 63.9 Å². The van der Waals surface area contributed by atoms with E-state index in [-0.39, 0.29) is 0 Å². The van der Waals surface area contributed by atoms with E-state index in [1.165, 1.54) is 0 Å². The number of hydrogen-bond donors (Lipinski definition) is 1. The van der Waals surface area contributed by atoms with Gasteiger partial charge in [-0.15, -0.1) is 11.8 Å². The van der Waals surface area contributed by atoms with Gasteiger partial charge in [-0.05, 0) is 49.7 Å². The molecule has 1 heterocycles. The smallest absolute Gasteiger partial charge is 0.344 e. The van der Waals surface area contributed by atoms with Crippen molar-refractivity contribution in [2.45, 2.75) is 43.4 Å². The van der Waals surface area contributed by atoms with Crippen molar-refractivity contribution in [2.24, 2.45) is 0 Å². The van der Waals surface area contributed by atoms with Crippen LogP contribution in [0.4, 0.5) is 0 Å². The first-order chi connectivity index (χ1) is 13.6. The number of carbonyl (C=O) groups is 1. The molecule has 0 aliphatic rings. The summed E-state index contributed by atoms with van der Waals surface area (Å²) >= 11 is 1.65. The highest BCUT2D eigenvalue weighted by molar-refractivity contribution is 7.98. The van der Waals surface area contributed by atoms with Gasteiger partial charge in [-0.25, -0.2) is 9.78 Å². The largest absolute Gasteiger partial charge is 0.479 e. The predicted molar refractivity (Wildman–Crippen MR) is 110 cm³/mol. The molecule has 1 N–H and O–H groups in total. The van der Waals surface area contributed by atoms with Crippen molar-refractivity contribution in [1.82, 2.24) is 4.98 Å². The minimum atomic E-state index is -0.934. The van der Waals surface area contributed by atoms with Crippen LogP contribution in [0.3, 0.4) is 0 Å². The minimum absolute atomic E-state index is 0.487. The number of aryl methyl sites for hydroxylation is 1. The highest BCUT2D eigenvalue weighted by Crippen LogP contribution is 2.29. The van der Waals surface area contributed by atoms with Gasteiger partial charge in [0.1, 0.15) is 11.5 Å². The molecule has 0 spiro atoms. The molecule has 0 fully saturated rings. The third kappa shape index (κ3) is 5.16. The van der Waals surface area contributed by atoms with Crippen LogP contribution in [0.5, 0.6) is 5.75 Å². The lowest BCUT2D eigenvalue weighted by molar-refractivity contribution is -0.145. The zero-order valence-corrected chi connectivity index (χ0v) is 16.7. The Labute approximate surface area is 168 Å². The predicted octanol–water partition coefficient (Wildman–Crippen LogP) is 5.57. The molecule has 0 saturated heterocycles. The number of benzene rings is 2. The molecule has 2 aromatic carbocycles. The fourth-order valence-electron chi connectivity index (χ4n) is 2.69. The SMILES string of the molecule is CCCC(Oc1ccc(SCc2nc(-c3ccccc3)oc2C)cc1)C(=O)O. The normalized spacial score (nSPS) is 11.9. The van der Waals surface area contributed by atoms with E-state index in [1.807, 2.05) is 56.3 Å². The summed E-state index contributed by atoms with van der Waals surface area (Å²) in [6, 6.07) is 17.3. The quantitative estimate of drug-likeness (QED) is 0.476. The number of hydrogen-bond acceptors (Lipinski definition) is 5. The molecule has 146 valence electrons. The molecule has 6 heteroatoms. The van der Waals surface area contributed by atoms with Gasteiger partial charge >= 0.3 is 5.97 Å². The van der Waals surface area contributed by atoms with E-state index >= 15 is 0 Å². The van der Waals surface area contributed by atoms with Gasteiger partial charge in [0.2, 0.25) is 5.89 Å². The van der Waals surface area contributed by atoms with E-state index in [4.69, 9.17) is 9.15 Å². The maximum atomic E-state index is 11.2. The first-order valence-electron chi connectivity index (χ1n) is 9.21. The van der Waals surface area contributed by atoms with E-state index in [0.717, 1.165) is 28.3 Å². The summed E-state index contributed by atoms with van der Waals surface area (Å²) in [6.07, 6.45) is 0.436. The average Bonchev–Trinajstić information content (AvgIpc) is 3.08. The molecule has 0 amide bonds. The lowest BCUT2D eigenvalue weighted by Gasteiger charge is -2.14. The molecule has 3 aromatic rings. The van der Waals surface area contributed by atoms with Crippen molar-refractivity contribution in [3.8, 4) is 17.2 Å². The van der Waals surface area contributed by atoms with Crippen LogP contribution in [0, 0.1) is 6.92 Å². The second-order valence-corrected chi connectivity index (χ2v) is 7.43. The Bertz CT molecular complexity index is 906. The van der Waals surface area contributed by atoms with Crippen molar-refractivity contribution in [2.75, 3.05) is 0 Å². The Morgan fingerprint density at radius 2 is 1.89 bits per heavy atom. The van der Waals surface area contributed by atoms with Gasteiger partial charge in [0, 0.05) is 16.2 Å². The van der Waals surface area contributed by atoms with Crippen molar-refractivity contribution in [3.05, 3.63) is 66.1 Å². The highest BCUT2D eigenvalue weighted by Gasteiger charge is 2.18.